The van der Waals surface area contributed by atoms with Crippen molar-refractivity contribution in [1.29, 1.82) is 0 Å². The standard InChI is InChI=1S/C11H20O/c1-11(12,10-6-7-10)8-9-4-2-3-5-9/h9-10,12H,2-8H2,1H3. The maximum absolute atomic E-state index is 10.1. The van der Waals surface area contributed by atoms with Gasteiger partial charge in [-0.1, -0.05) is 25.7 Å². The van der Waals surface area contributed by atoms with E-state index in [1.165, 1.54) is 38.5 Å². The quantitative estimate of drug-likeness (QED) is 0.687. The number of aliphatic hydroxyl groups is 1. The van der Waals surface area contributed by atoms with E-state index in [-0.39, 0.29) is 5.60 Å². The number of rotatable bonds is 3. The van der Waals surface area contributed by atoms with Crippen molar-refractivity contribution in [3.05, 3.63) is 0 Å². The van der Waals surface area contributed by atoms with Crippen LogP contribution in [0.15, 0.2) is 0 Å². The van der Waals surface area contributed by atoms with Gasteiger partial charge < -0.3 is 5.11 Å². The second-order valence-corrected chi connectivity index (χ2v) is 4.99. The third-order valence-corrected chi connectivity index (χ3v) is 3.63. The molecule has 2 rings (SSSR count). The van der Waals surface area contributed by atoms with Crippen LogP contribution in [0.25, 0.3) is 0 Å². The molecule has 0 aromatic rings. The first kappa shape index (κ1) is 8.55. The van der Waals surface area contributed by atoms with Crippen molar-refractivity contribution in [2.75, 3.05) is 0 Å². The molecule has 0 aromatic heterocycles. The van der Waals surface area contributed by atoms with Gasteiger partial charge in [0.25, 0.3) is 0 Å². The minimum atomic E-state index is -0.324. The Kier molecular flexibility index (Phi) is 2.16. The molecular weight excluding hydrogens is 148 g/mol. The van der Waals surface area contributed by atoms with Crippen LogP contribution in [0.2, 0.25) is 0 Å². The molecule has 0 bridgehead atoms. The lowest BCUT2D eigenvalue weighted by Crippen LogP contribution is -2.29. The minimum absolute atomic E-state index is 0.324. The Morgan fingerprint density at radius 2 is 1.75 bits per heavy atom. The van der Waals surface area contributed by atoms with E-state index in [4.69, 9.17) is 0 Å². The molecule has 0 aliphatic heterocycles. The molecule has 2 aliphatic rings. The second kappa shape index (κ2) is 3.02. The topological polar surface area (TPSA) is 20.2 Å². The average molecular weight is 168 g/mol. The summed E-state index contributed by atoms with van der Waals surface area (Å²) in [5.74, 6) is 1.47. The van der Waals surface area contributed by atoms with Crippen LogP contribution in [0, 0.1) is 11.8 Å². The van der Waals surface area contributed by atoms with Gasteiger partial charge in [0.15, 0.2) is 0 Å². The van der Waals surface area contributed by atoms with Crippen molar-refractivity contribution >= 4 is 0 Å². The molecule has 0 heterocycles. The lowest BCUT2D eigenvalue weighted by Gasteiger charge is -2.26. The molecular formula is C11H20O. The minimum Gasteiger partial charge on any atom is -0.390 e. The molecule has 70 valence electrons. The first-order valence-corrected chi connectivity index (χ1v) is 5.41. The predicted molar refractivity (Wildman–Crippen MR) is 49.9 cm³/mol. The van der Waals surface area contributed by atoms with E-state index >= 15 is 0 Å². The van der Waals surface area contributed by atoms with Gasteiger partial charge in [0, 0.05) is 0 Å². The molecule has 1 N–H and O–H groups in total. The lowest BCUT2D eigenvalue weighted by molar-refractivity contribution is 0.0128. The first-order chi connectivity index (χ1) is 5.68. The maximum Gasteiger partial charge on any atom is 0.0650 e. The zero-order chi connectivity index (χ0) is 8.60. The van der Waals surface area contributed by atoms with Crippen LogP contribution >= 0.6 is 0 Å². The molecule has 1 nitrogen and oxygen atoms in total. The average Bonchev–Trinajstić information content (AvgIpc) is 2.74. The molecule has 2 saturated carbocycles. The van der Waals surface area contributed by atoms with Gasteiger partial charge in [0.05, 0.1) is 5.60 Å². The number of hydrogen-bond acceptors (Lipinski definition) is 1. The third kappa shape index (κ3) is 1.82. The van der Waals surface area contributed by atoms with Gasteiger partial charge in [0.1, 0.15) is 0 Å². The molecule has 2 aliphatic carbocycles. The Balaban J connectivity index is 1.83. The highest BCUT2D eigenvalue weighted by Crippen LogP contribution is 2.44. The summed E-state index contributed by atoms with van der Waals surface area (Å²) >= 11 is 0. The van der Waals surface area contributed by atoms with E-state index in [0.717, 1.165) is 12.3 Å². The SMILES string of the molecule is CC(O)(CC1CCCC1)C1CC1. The highest BCUT2D eigenvalue weighted by Gasteiger charge is 2.41. The molecule has 1 unspecified atom stereocenters. The van der Waals surface area contributed by atoms with Gasteiger partial charge in [-0.25, -0.2) is 0 Å². The Morgan fingerprint density at radius 3 is 2.25 bits per heavy atom. The lowest BCUT2D eigenvalue weighted by atomic mass is 9.87. The van der Waals surface area contributed by atoms with Crippen LogP contribution in [-0.4, -0.2) is 10.7 Å². The largest absolute Gasteiger partial charge is 0.390 e. The predicted octanol–water partition coefficient (Wildman–Crippen LogP) is 2.73. The van der Waals surface area contributed by atoms with Crippen molar-refractivity contribution in [3.8, 4) is 0 Å². The fourth-order valence-electron chi connectivity index (χ4n) is 2.67. The van der Waals surface area contributed by atoms with E-state index in [1.807, 2.05) is 6.92 Å². The summed E-state index contributed by atoms with van der Waals surface area (Å²) in [5, 5.41) is 10.1. The zero-order valence-corrected chi connectivity index (χ0v) is 8.05. The van der Waals surface area contributed by atoms with Gasteiger partial charge in [-0.3, -0.25) is 0 Å². The Labute approximate surface area is 75.2 Å². The van der Waals surface area contributed by atoms with Crippen molar-refractivity contribution < 1.29 is 5.11 Å². The molecule has 1 atom stereocenters. The molecule has 0 saturated heterocycles. The Bertz CT molecular complexity index is 152. The van der Waals surface area contributed by atoms with E-state index in [1.54, 1.807) is 0 Å². The highest BCUT2D eigenvalue weighted by atomic mass is 16.3. The van der Waals surface area contributed by atoms with Crippen molar-refractivity contribution in [1.82, 2.24) is 0 Å². The molecule has 0 spiro atoms. The molecule has 2 fully saturated rings. The van der Waals surface area contributed by atoms with E-state index < -0.39 is 0 Å². The summed E-state index contributed by atoms with van der Waals surface area (Å²) in [5.41, 5.74) is -0.324. The van der Waals surface area contributed by atoms with Crippen LogP contribution in [-0.2, 0) is 0 Å². The highest BCUT2D eigenvalue weighted by molar-refractivity contribution is 4.93. The summed E-state index contributed by atoms with van der Waals surface area (Å²) in [6, 6.07) is 0. The Morgan fingerprint density at radius 1 is 1.17 bits per heavy atom. The van der Waals surface area contributed by atoms with Crippen LogP contribution in [0.1, 0.15) is 51.9 Å². The van der Waals surface area contributed by atoms with Crippen molar-refractivity contribution in [2.24, 2.45) is 11.8 Å². The summed E-state index contributed by atoms with van der Waals surface area (Å²) < 4.78 is 0. The summed E-state index contributed by atoms with van der Waals surface area (Å²) in [6.07, 6.45) is 9.11. The normalized spacial score (nSPS) is 30.5. The van der Waals surface area contributed by atoms with Crippen molar-refractivity contribution in [2.45, 2.75) is 57.5 Å². The summed E-state index contributed by atoms with van der Waals surface area (Å²) in [6.45, 7) is 2.04. The first-order valence-electron chi connectivity index (χ1n) is 5.41. The molecule has 0 aromatic carbocycles. The summed E-state index contributed by atoms with van der Waals surface area (Å²) in [7, 11) is 0. The Hall–Kier alpha value is -0.0400. The summed E-state index contributed by atoms with van der Waals surface area (Å²) in [4.78, 5) is 0. The zero-order valence-electron chi connectivity index (χ0n) is 8.05. The van der Waals surface area contributed by atoms with E-state index in [9.17, 15) is 5.11 Å². The van der Waals surface area contributed by atoms with Crippen molar-refractivity contribution in [3.63, 3.8) is 0 Å². The monoisotopic (exact) mass is 168 g/mol. The van der Waals surface area contributed by atoms with Crippen LogP contribution in [0.5, 0.6) is 0 Å². The number of hydrogen-bond donors (Lipinski definition) is 1. The molecule has 12 heavy (non-hydrogen) atoms. The van der Waals surface area contributed by atoms with E-state index in [0.29, 0.717) is 5.92 Å². The fourth-order valence-corrected chi connectivity index (χ4v) is 2.67. The molecule has 0 amide bonds. The smallest absolute Gasteiger partial charge is 0.0650 e. The second-order valence-electron chi connectivity index (χ2n) is 4.99. The molecule has 1 heteroatoms. The van der Waals surface area contributed by atoms with Gasteiger partial charge in [-0.05, 0) is 38.0 Å². The van der Waals surface area contributed by atoms with Gasteiger partial charge in [-0.15, -0.1) is 0 Å². The van der Waals surface area contributed by atoms with Gasteiger partial charge in [-0.2, -0.15) is 0 Å². The fraction of sp³-hybridized carbons (Fsp3) is 1.00. The molecule has 0 radical (unpaired) electrons. The van der Waals surface area contributed by atoms with E-state index in [2.05, 4.69) is 0 Å². The third-order valence-electron chi connectivity index (χ3n) is 3.63. The van der Waals surface area contributed by atoms with Crippen LogP contribution in [0.4, 0.5) is 0 Å². The van der Waals surface area contributed by atoms with Crippen LogP contribution in [0.3, 0.4) is 0 Å². The van der Waals surface area contributed by atoms with Gasteiger partial charge >= 0.3 is 0 Å². The van der Waals surface area contributed by atoms with Crippen LogP contribution < -0.4 is 0 Å². The maximum atomic E-state index is 10.1. The van der Waals surface area contributed by atoms with Gasteiger partial charge in [0.2, 0.25) is 0 Å².